The number of aryl methyl sites for hydroxylation is 1. The lowest BCUT2D eigenvalue weighted by Gasteiger charge is -2.25. The fourth-order valence-electron chi connectivity index (χ4n) is 4.17. The minimum Gasteiger partial charge on any atom is -0.459 e. The topological polar surface area (TPSA) is 70.4 Å². The maximum absolute atomic E-state index is 12.9. The lowest BCUT2D eigenvalue weighted by molar-refractivity contribution is -0.116. The van der Waals surface area contributed by atoms with E-state index in [0.29, 0.717) is 21.7 Å². The monoisotopic (exact) mass is 502 g/mol. The van der Waals surface area contributed by atoms with Crippen LogP contribution in [-0.2, 0) is 4.79 Å². The Kier molecular flexibility index (Phi) is 6.53. The van der Waals surface area contributed by atoms with Gasteiger partial charge >= 0.3 is 0 Å². The van der Waals surface area contributed by atoms with Crippen LogP contribution in [0.1, 0.15) is 29.1 Å². The van der Waals surface area contributed by atoms with E-state index in [1.54, 1.807) is 6.20 Å². The van der Waals surface area contributed by atoms with Crippen LogP contribution in [0.5, 0.6) is 0 Å². The Hall–Kier alpha value is -3.68. The minimum absolute atomic E-state index is 0.0567. The van der Waals surface area contributed by atoms with E-state index in [4.69, 9.17) is 28.2 Å². The third-order valence-electron chi connectivity index (χ3n) is 5.94. The van der Waals surface area contributed by atoms with Crippen LogP contribution >= 0.6 is 23.8 Å². The van der Waals surface area contributed by atoms with Gasteiger partial charge in [0.15, 0.2) is 5.11 Å². The van der Waals surface area contributed by atoms with Crippen molar-refractivity contribution in [3.05, 3.63) is 107 Å². The molecule has 2 aromatic carbocycles. The largest absolute Gasteiger partial charge is 0.459 e. The molecule has 2 N–H and O–H groups in total. The van der Waals surface area contributed by atoms with E-state index < -0.39 is 0 Å². The Morgan fingerprint density at radius 2 is 1.91 bits per heavy atom. The predicted molar refractivity (Wildman–Crippen MR) is 141 cm³/mol. The highest BCUT2D eigenvalue weighted by Crippen LogP contribution is 2.40. The molecule has 3 heterocycles. The van der Waals surface area contributed by atoms with Crippen LogP contribution in [-0.4, -0.2) is 27.4 Å². The summed E-state index contributed by atoms with van der Waals surface area (Å²) in [6, 6.07) is 24.1. The molecule has 5 rings (SSSR count). The van der Waals surface area contributed by atoms with Crippen molar-refractivity contribution in [3.63, 3.8) is 0 Å². The summed E-state index contributed by atoms with van der Waals surface area (Å²) in [6.07, 6.45) is 1.74. The first-order valence-corrected chi connectivity index (χ1v) is 12.0. The fourth-order valence-corrected chi connectivity index (χ4v) is 4.66. The number of aromatic nitrogens is 1. The van der Waals surface area contributed by atoms with Gasteiger partial charge in [-0.25, -0.2) is 0 Å². The maximum atomic E-state index is 12.9. The number of para-hydroxylation sites is 1. The summed E-state index contributed by atoms with van der Waals surface area (Å²) < 4.78 is 6.32. The van der Waals surface area contributed by atoms with Gasteiger partial charge in [0.1, 0.15) is 24.1 Å². The second kappa shape index (κ2) is 9.90. The lowest BCUT2D eigenvalue weighted by atomic mass is 10.0. The van der Waals surface area contributed by atoms with Gasteiger partial charge in [-0.1, -0.05) is 48.0 Å². The van der Waals surface area contributed by atoms with Gasteiger partial charge in [-0.3, -0.25) is 9.78 Å². The van der Waals surface area contributed by atoms with E-state index in [-0.39, 0.29) is 24.5 Å². The number of carbonyl (C=O) groups excluding carboxylic acids is 1. The number of rotatable bonds is 6. The van der Waals surface area contributed by atoms with Crippen molar-refractivity contribution in [1.82, 2.24) is 15.2 Å². The molecule has 176 valence electrons. The maximum Gasteiger partial charge on any atom is 0.244 e. The SMILES string of the molecule is Cc1ccc(-c2ccc(C3C(c4ccccn4)NC(=S)N3CC(=O)Nc3ccccc3)o2)cc1Cl. The fraction of sp³-hybridized carbons (Fsp3) is 0.148. The van der Waals surface area contributed by atoms with Crippen LogP contribution in [0, 0.1) is 6.92 Å². The van der Waals surface area contributed by atoms with Crippen molar-refractivity contribution in [1.29, 1.82) is 0 Å². The molecular weight excluding hydrogens is 480 g/mol. The van der Waals surface area contributed by atoms with Crippen LogP contribution in [0.3, 0.4) is 0 Å². The van der Waals surface area contributed by atoms with Crippen LogP contribution in [0.4, 0.5) is 5.69 Å². The molecule has 0 bridgehead atoms. The third kappa shape index (κ3) is 4.92. The average molecular weight is 503 g/mol. The normalized spacial score (nSPS) is 17.3. The zero-order chi connectivity index (χ0) is 24.4. The number of amides is 1. The number of thiocarbonyl (C=S) groups is 1. The van der Waals surface area contributed by atoms with Gasteiger partial charge in [0, 0.05) is 22.5 Å². The number of carbonyl (C=O) groups is 1. The number of furan rings is 1. The Morgan fingerprint density at radius 1 is 1.11 bits per heavy atom. The molecule has 1 fully saturated rings. The summed E-state index contributed by atoms with van der Waals surface area (Å²) in [7, 11) is 0. The van der Waals surface area contributed by atoms with E-state index in [0.717, 1.165) is 22.5 Å². The number of halogens is 1. The van der Waals surface area contributed by atoms with E-state index in [9.17, 15) is 4.79 Å². The second-order valence-corrected chi connectivity index (χ2v) is 9.13. The molecule has 8 heteroatoms. The molecule has 35 heavy (non-hydrogen) atoms. The van der Waals surface area contributed by atoms with Gasteiger partial charge in [0.25, 0.3) is 0 Å². The highest BCUT2D eigenvalue weighted by Gasteiger charge is 2.42. The van der Waals surface area contributed by atoms with Crippen molar-refractivity contribution in [2.24, 2.45) is 0 Å². The number of hydrogen-bond acceptors (Lipinski definition) is 4. The first-order chi connectivity index (χ1) is 17.0. The van der Waals surface area contributed by atoms with Crippen molar-refractivity contribution >= 4 is 40.5 Å². The number of pyridine rings is 1. The third-order valence-corrected chi connectivity index (χ3v) is 6.70. The number of nitrogens with one attached hydrogen (secondary N) is 2. The summed E-state index contributed by atoms with van der Waals surface area (Å²) in [5, 5.41) is 7.41. The van der Waals surface area contributed by atoms with Crippen LogP contribution in [0.2, 0.25) is 5.02 Å². The molecule has 0 saturated carbocycles. The molecule has 2 aromatic heterocycles. The molecule has 1 aliphatic heterocycles. The highest BCUT2D eigenvalue weighted by molar-refractivity contribution is 7.80. The van der Waals surface area contributed by atoms with Crippen LogP contribution in [0.15, 0.2) is 89.5 Å². The molecule has 1 aliphatic rings. The number of benzene rings is 2. The van der Waals surface area contributed by atoms with Crippen LogP contribution in [0.25, 0.3) is 11.3 Å². The smallest absolute Gasteiger partial charge is 0.244 e. The quantitative estimate of drug-likeness (QED) is 0.319. The van der Waals surface area contributed by atoms with Crippen molar-refractivity contribution in [2.45, 2.75) is 19.0 Å². The Morgan fingerprint density at radius 3 is 2.66 bits per heavy atom. The van der Waals surface area contributed by atoms with Gasteiger partial charge in [0.2, 0.25) is 5.91 Å². The van der Waals surface area contributed by atoms with E-state index in [1.165, 1.54) is 0 Å². The minimum atomic E-state index is -0.367. The second-order valence-electron chi connectivity index (χ2n) is 8.33. The highest BCUT2D eigenvalue weighted by atomic mass is 35.5. The number of hydrogen-bond donors (Lipinski definition) is 2. The summed E-state index contributed by atoms with van der Waals surface area (Å²) in [4.78, 5) is 19.3. The zero-order valence-corrected chi connectivity index (χ0v) is 20.5. The molecule has 2 unspecified atom stereocenters. The number of nitrogens with zero attached hydrogens (tertiary/aromatic N) is 2. The zero-order valence-electron chi connectivity index (χ0n) is 18.9. The molecule has 4 aromatic rings. The summed E-state index contributed by atoms with van der Waals surface area (Å²) >= 11 is 12.0. The summed E-state index contributed by atoms with van der Waals surface area (Å²) in [5.41, 5.74) is 3.41. The van der Waals surface area contributed by atoms with Gasteiger partial charge in [0.05, 0.1) is 11.7 Å². The molecule has 0 spiro atoms. The van der Waals surface area contributed by atoms with E-state index in [2.05, 4.69) is 15.6 Å². The standard InChI is InChI=1S/C27H23ClN4O2S/c1-17-10-11-18(15-20(17)28)22-12-13-23(34-22)26-25(21-9-5-6-14-29-21)31-27(35)32(26)16-24(33)30-19-7-3-2-4-8-19/h2-15,25-26H,16H2,1H3,(H,30,33)(H,31,35). The van der Waals surface area contributed by atoms with Crippen molar-refractivity contribution in [2.75, 3.05) is 11.9 Å². The average Bonchev–Trinajstić information content (AvgIpc) is 3.47. The van der Waals surface area contributed by atoms with Gasteiger partial charge in [-0.15, -0.1) is 0 Å². The van der Waals surface area contributed by atoms with E-state index in [1.807, 2.05) is 90.7 Å². The molecule has 2 atom stereocenters. The van der Waals surface area contributed by atoms with E-state index >= 15 is 0 Å². The molecule has 0 aliphatic carbocycles. The van der Waals surface area contributed by atoms with Gasteiger partial charge in [-0.05, 0) is 67.2 Å². The van der Waals surface area contributed by atoms with Gasteiger partial charge < -0.3 is 20.0 Å². The first-order valence-electron chi connectivity index (χ1n) is 11.2. The molecule has 1 saturated heterocycles. The first kappa shape index (κ1) is 23.1. The Bertz CT molecular complexity index is 1360. The van der Waals surface area contributed by atoms with Crippen molar-refractivity contribution < 1.29 is 9.21 Å². The molecule has 1 amide bonds. The molecule has 0 radical (unpaired) electrons. The Balaban J connectivity index is 1.47. The lowest BCUT2D eigenvalue weighted by Crippen LogP contribution is -2.36. The summed E-state index contributed by atoms with van der Waals surface area (Å²) in [6.45, 7) is 2.02. The molecule has 6 nitrogen and oxygen atoms in total. The Labute approximate surface area is 213 Å². The van der Waals surface area contributed by atoms with Crippen LogP contribution < -0.4 is 10.6 Å². The molecular formula is C27H23ClN4O2S. The predicted octanol–water partition coefficient (Wildman–Crippen LogP) is 5.91. The van der Waals surface area contributed by atoms with Crippen molar-refractivity contribution in [3.8, 4) is 11.3 Å². The number of anilines is 1. The van der Waals surface area contributed by atoms with Gasteiger partial charge in [-0.2, -0.15) is 0 Å². The summed E-state index contributed by atoms with van der Waals surface area (Å²) in [5.74, 6) is 1.18.